The number of ether oxygens (including phenoxy) is 1. The van der Waals surface area contributed by atoms with Crippen molar-refractivity contribution in [3.05, 3.63) is 53.2 Å². The molecule has 0 fully saturated rings. The minimum absolute atomic E-state index is 0.199. The van der Waals surface area contributed by atoms with Gasteiger partial charge in [-0.3, -0.25) is 4.68 Å². The van der Waals surface area contributed by atoms with E-state index in [9.17, 15) is 5.11 Å². The Balaban J connectivity index is 1.47. The molecular weight excluding hydrogens is 322 g/mol. The second-order valence-corrected chi connectivity index (χ2v) is 7.13. The fourth-order valence-corrected chi connectivity index (χ4v) is 3.93. The predicted molar refractivity (Wildman–Crippen MR) is 94.3 cm³/mol. The summed E-state index contributed by atoms with van der Waals surface area (Å²) < 4.78 is 7.49. The Bertz CT molecular complexity index is 856. The third-order valence-corrected chi connectivity index (χ3v) is 5.34. The van der Waals surface area contributed by atoms with E-state index >= 15 is 0 Å². The van der Waals surface area contributed by atoms with Crippen molar-refractivity contribution in [2.75, 3.05) is 6.61 Å². The molecule has 1 atom stereocenters. The Kier molecular flexibility index (Phi) is 4.00. The zero-order chi connectivity index (χ0) is 16.5. The second-order valence-electron chi connectivity index (χ2n) is 5.96. The van der Waals surface area contributed by atoms with Crippen LogP contribution in [0.15, 0.2) is 42.7 Å². The summed E-state index contributed by atoms with van der Waals surface area (Å²) in [5, 5.41) is 17.5. The Morgan fingerprint density at radius 2 is 2.29 bits per heavy atom. The molecule has 3 heterocycles. The van der Waals surface area contributed by atoms with Crippen molar-refractivity contribution >= 4 is 11.3 Å². The number of phenols is 1. The van der Waals surface area contributed by atoms with Gasteiger partial charge in [0.25, 0.3) is 0 Å². The molecule has 0 unspecified atom stereocenters. The number of fused-ring (bicyclic) bond motifs is 1. The summed E-state index contributed by atoms with van der Waals surface area (Å²) in [7, 11) is 1.93. The van der Waals surface area contributed by atoms with E-state index < -0.39 is 0 Å². The average molecular weight is 341 g/mol. The molecule has 5 nitrogen and oxygen atoms in total. The number of phenolic OH excluding ortho intramolecular Hbond substituents is 1. The van der Waals surface area contributed by atoms with Crippen LogP contribution in [0.25, 0.3) is 10.4 Å². The maximum atomic E-state index is 9.73. The highest BCUT2D eigenvalue weighted by atomic mass is 32.1. The number of rotatable bonds is 4. The molecule has 2 aromatic heterocycles. The molecule has 4 rings (SSSR count). The van der Waals surface area contributed by atoms with E-state index in [0.717, 1.165) is 29.8 Å². The number of benzene rings is 1. The van der Waals surface area contributed by atoms with Gasteiger partial charge in [0.1, 0.15) is 11.5 Å². The fourth-order valence-electron chi connectivity index (χ4n) is 2.99. The van der Waals surface area contributed by atoms with Crippen LogP contribution >= 0.6 is 11.3 Å². The van der Waals surface area contributed by atoms with Crippen molar-refractivity contribution in [1.82, 2.24) is 15.1 Å². The molecule has 1 aliphatic rings. The van der Waals surface area contributed by atoms with Gasteiger partial charge in [-0.05, 0) is 30.3 Å². The molecule has 1 aromatic carbocycles. The first-order valence-corrected chi connectivity index (χ1v) is 8.77. The highest BCUT2D eigenvalue weighted by molar-refractivity contribution is 7.15. The van der Waals surface area contributed by atoms with Crippen LogP contribution in [-0.4, -0.2) is 21.5 Å². The molecule has 0 amide bonds. The third-order valence-electron chi connectivity index (χ3n) is 4.21. The predicted octanol–water partition coefficient (Wildman–Crippen LogP) is 3.47. The summed E-state index contributed by atoms with van der Waals surface area (Å²) in [6.45, 7) is 1.49. The van der Waals surface area contributed by atoms with Crippen LogP contribution in [-0.2, 0) is 13.6 Å². The lowest BCUT2D eigenvalue weighted by Crippen LogP contribution is -2.26. The molecule has 0 bridgehead atoms. The lowest BCUT2D eigenvalue weighted by molar-refractivity contribution is 0.251. The highest BCUT2D eigenvalue weighted by Crippen LogP contribution is 2.35. The summed E-state index contributed by atoms with van der Waals surface area (Å²) in [6, 6.07) is 9.79. The molecule has 6 heteroatoms. The van der Waals surface area contributed by atoms with Gasteiger partial charge in [-0.15, -0.1) is 11.3 Å². The largest absolute Gasteiger partial charge is 0.508 e. The second kappa shape index (κ2) is 6.30. The number of thiophene rings is 1. The van der Waals surface area contributed by atoms with E-state index in [4.69, 9.17) is 4.74 Å². The maximum Gasteiger partial charge on any atom is 0.124 e. The zero-order valence-corrected chi connectivity index (χ0v) is 14.2. The highest BCUT2D eigenvalue weighted by Gasteiger charge is 2.21. The van der Waals surface area contributed by atoms with Crippen molar-refractivity contribution in [2.45, 2.75) is 19.0 Å². The van der Waals surface area contributed by atoms with Crippen LogP contribution < -0.4 is 10.1 Å². The zero-order valence-electron chi connectivity index (χ0n) is 13.4. The van der Waals surface area contributed by atoms with Gasteiger partial charge in [0.15, 0.2) is 0 Å². The average Bonchev–Trinajstić information content (AvgIpc) is 3.21. The summed E-state index contributed by atoms with van der Waals surface area (Å²) in [6.07, 6.45) is 4.82. The number of nitrogens with one attached hydrogen (secondary N) is 1. The number of nitrogens with zero attached hydrogens (tertiary/aromatic N) is 2. The van der Waals surface area contributed by atoms with Crippen molar-refractivity contribution < 1.29 is 9.84 Å². The molecule has 1 aliphatic heterocycles. The first-order valence-electron chi connectivity index (χ1n) is 7.96. The van der Waals surface area contributed by atoms with Gasteiger partial charge in [-0.2, -0.15) is 5.10 Å². The fraction of sp³-hybridized carbons (Fsp3) is 0.278. The Labute approximate surface area is 144 Å². The van der Waals surface area contributed by atoms with E-state index in [0.29, 0.717) is 6.61 Å². The minimum atomic E-state index is 0.199. The van der Waals surface area contributed by atoms with Crippen LogP contribution in [0.2, 0.25) is 0 Å². The molecule has 2 N–H and O–H groups in total. The van der Waals surface area contributed by atoms with Crippen molar-refractivity contribution in [1.29, 1.82) is 0 Å². The Morgan fingerprint density at radius 3 is 3.12 bits per heavy atom. The van der Waals surface area contributed by atoms with Crippen LogP contribution in [0, 0.1) is 0 Å². The lowest BCUT2D eigenvalue weighted by atomic mass is 10.0. The van der Waals surface area contributed by atoms with Crippen molar-refractivity contribution in [3.8, 4) is 21.9 Å². The molecule has 0 spiro atoms. The maximum absolute atomic E-state index is 9.73. The topological polar surface area (TPSA) is 59.3 Å². The number of aryl methyl sites for hydroxylation is 1. The molecular formula is C18H19N3O2S. The van der Waals surface area contributed by atoms with Crippen LogP contribution in [0.3, 0.4) is 0 Å². The van der Waals surface area contributed by atoms with Crippen molar-refractivity contribution in [2.24, 2.45) is 7.05 Å². The first kappa shape index (κ1) is 15.2. The Morgan fingerprint density at radius 1 is 1.38 bits per heavy atom. The normalized spacial score (nSPS) is 16.6. The van der Waals surface area contributed by atoms with Gasteiger partial charge in [0.05, 0.1) is 12.8 Å². The minimum Gasteiger partial charge on any atom is -0.508 e. The lowest BCUT2D eigenvalue weighted by Gasteiger charge is -2.26. The number of hydrogen-bond donors (Lipinski definition) is 2. The molecule has 0 saturated heterocycles. The molecule has 0 aliphatic carbocycles. The standard InChI is InChI=1S/C18H19N3O2S/c1-21-11-12(9-20-21)18-5-3-14(24-18)10-19-16-6-7-23-17-4-2-13(22)8-15(16)17/h2-5,8-9,11,16,19,22H,6-7,10H2,1H3/t16-/m0/s1. The van der Waals surface area contributed by atoms with Gasteiger partial charge in [0.2, 0.25) is 0 Å². The third kappa shape index (κ3) is 3.02. The van der Waals surface area contributed by atoms with E-state index in [-0.39, 0.29) is 11.8 Å². The number of aromatic hydroxyl groups is 1. The summed E-state index contributed by atoms with van der Waals surface area (Å²) in [5.41, 5.74) is 2.18. The SMILES string of the molecule is Cn1cc(-c2ccc(CN[C@H]3CCOc4ccc(O)cc43)s2)cn1. The van der Waals surface area contributed by atoms with Gasteiger partial charge in [0, 0.05) is 53.1 Å². The van der Waals surface area contributed by atoms with Gasteiger partial charge < -0.3 is 15.2 Å². The summed E-state index contributed by atoms with van der Waals surface area (Å²) in [4.78, 5) is 2.51. The van der Waals surface area contributed by atoms with Crippen LogP contribution in [0.5, 0.6) is 11.5 Å². The molecule has 3 aromatic rings. The molecule has 0 saturated carbocycles. The van der Waals surface area contributed by atoms with E-state index in [2.05, 4.69) is 22.5 Å². The van der Waals surface area contributed by atoms with E-state index in [1.54, 1.807) is 23.5 Å². The number of aromatic nitrogens is 2. The van der Waals surface area contributed by atoms with Gasteiger partial charge in [-0.25, -0.2) is 0 Å². The summed E-state index contributed by atoms with van der Waals surface area (Å²) >= 11 is 1.78. The summed E-state index contributed by atoms with van der Waals surface area (Å²) in [5.74, 6) is 1.14. The Hall–Kier alpha value is -2.31. The quantitative estimate of drug-likeness (QED) is 0.763. The van der Waals surface area contributed by atoms with E-state index in [1.807, 2.05) is 30.2 Å². The van der Waals surface area contributed by atoms with Crippen LogP contribution in [0.1, 0.15) is 22.9 Å². The van der Waals surface area contributed by atoms with Crippen molar-refractivity contribution in [3.63, 3.8) is 0 Å². The van der Waals surface area contributed by atoms with Crippen LogP contribution in [0.4, 0.5) is 0 Å². The molecule has 24 heavy (non-hydrogen) atoms. The van der Waals surface area contributed by atoms with Gasteiger partial charge in [-0.1, -0.05) is 0 Å². The van der Waals surface area contributed by atoms with E-state index in [1.165, 1.54) is 9.75 Å². The van der Waals surface area contributed by atoms with Gasteiger partial charge >= 0.3 is 0 Å². The molecule has 0 radical (unpaired) electrons. The number of hydrogen-bond acceptors (Lipinski definition) is 5. The monoisotopic (exact) mass is 341 g/mol. The smallest absolute Gasteiger partial charge is 0.124 e. The first-order chi connectivity index (χ1) is 11.7. The molecule has 124 valence electrons.